The Kier molecular flexibility index (Phi) is 4.51. The molecule has 100 valence electrons. The van der Waals surface area contributed by atoms with E-state index in [1.54, 1.807) is 18.5 Å². The lowest BCUT2D eigenvalue weighted by atomic mass is 10.1. The summed E-state index contributed by atoms with van der Waals surface area (Å²) in [5, 5.41) is 7.71. The van der Waals surface area contributed by atoms with Crippen LogP contribution in [0.4, 0.5) is 11.4 Å². The van der Waals surface area contributed by atoms with Crippen molar-refractivity contribution >= 4 is 34.6 Å². The summed E-state index contributed by atoms with van der Waals surface area (Å²) in [5.41, 5.74) is 2.89. The number of rotatable bonds is 4. The summed E-state index contributed by atoms with van der Waals surface area (Å²) in [4.78, 5) is 4.16. The molecule has 0 bridgehead atoms. The highest BCUT2D eigenvalue weighted by atomic mass is 35.5. The van der Waals surface area contributed by atoms with Gasteiger partial charge in [-0.3, -0.25) is 4.98 Å². The second-order valence-electron chi connectivity index (χ2n) is 4.24. The van der Waals surface area contributed by atoms with Gasteiger partial charge in [0.1, 0.15) is 0 Å². The number of benzene rings is 1. The zero-order chi connectivity index (χ0) is 13.8. The van der Waals surface area contributed by atoms with Gasteiger partial charge in [-0.2, -0.15) is 0 Å². The van der Waals surface area contributed by atoms with Crippen LogP contribution in [-0.2, 0) is 0 Å². The molecule has 1 aromatic carbocycles. The van der Waals surface area contributed by atoms with E-state index in [-0.39, 0.29) is 6.04 Å². The van der Waals surface area contributed by atoms with Crippen molar-refractivity contribution in [2.24, 2.45) is 0 Å². The van der Waals surface area contributed by atoms with Crippen LogP contribution in [0, 0.1) is 0 Å². The van der Waals surface area contributed by atoms with Crippen molar-refractivity contribution < 1.29 is 0 Å². The lowest BCUT2D eigenvalue weighted by Crippen LogP contribution is -2.07. The Morgan fingerprint density at radius 3 is 2.53 bits per heavy atom. The third kappa shape index (κ3) is 3.52. The molecule has 0 amide bonds. The number of hydrogen-bond acceptors (Lipinski definition) is 3. The first-order valence-electron chi connectivity index (χ1n) is 5.94. The average molecular weight is 296 g/mol. The first kappa shape index (κ1) is 14.0. The first-order valence-corrected chi connectivity index (χ1v) is 6.70. The van der Waals surface area contributed by atoms with Crippen molar-refractivity contribution in [3.05, 3.63) is 52.3 Å². The van der Waals surface area contributed by atoms with Crippen molar-refractivity contribution in [1.29, 1.82) is 0 Å². The highest BCUT2D eigenvalue weighted by Crippen LogP contribution is 2.28. The van der Waals surface area contributed by atoms with Gasteiger partial charge in [-0.1, -0.05) is 29.3 Å². The number of nitrogens with zero attached hydrogens (tertiary/aromatic N) is 1. The second-order valence-corrected chi connectivity index (χ2v) is 5.09. The molecule has 0 spiro atoms. The van der Waals surface area contributed by atoms with E-state index in [2.05, 4.69) is 15.6 Å². The number of aromatic nitrogens is 1. The fraction of sp³-hybridized carbons (Fsp3) is 0.214. The van der Waals surface area contributed by atoms with Crippen LogP contribution in [0.5, 0.6) is 0 Å². The maximum Gasteiger partial charge on any atom is 0.0552 e. The van der Waals surface area contributed by atoms with Crippen LogP contribution in [0.25, 0.3) is 0 Å². The molecular weight excluding hydrogens is 281 g/mol. The molecule has 1 atom stereocenters. The summed E-state index contributed by atoms with van der Waals surface area (Å²) in [7, 11) is 1.86. The van der Waals surface area contributed by atoms with Gasteiger partial charge < -0.3 is 10.6 Å². The molecule has 0 fully saturated rings. The molecule has 2 rings (SSSR count). The zero-order valence-electron chi connectivity index (χ0n) is 10.7. The topological polar surface area (TPSA) is 37.0 Å². The molecule has 1 unspecified atom stereocenters. The quantitative estimate of drug-likeness (QED) is 0.865. The fourth-order valence-corrected chi connectivity index (χ4v) is 2.41. The van der Waals surface area contributed by atoms with Gasteiger partial charge in [0.15, 0.2) is 0 Å². The number of hydrogen-bond donors (Lipinski definition) is 2. The lowest BCUT2D eigenvalue weighted by molar-refractivity contribution is 0.883. The fourth-order valence-electron chi connectivity index (χ4n) is 1.84. The van der Waals surface area contributed by atoms with Crippen LogP contribution in [-0.4, -0.2) is 12.0 Å². The minimum absolute atomic E-state index is 0.0682. The van der Waals surface area contributed by atoms with Crippen LogP contribution in [0.2, 0.25) is 10.0 Å². The Hall–Kier alpha value is -1.45. The second kappa shape index (κ2) is 6.13. The average Bonchev–Trinajstić information content (AvgIpc) is 2.38. The monoisotopic (exact) mass is 295 g/mol. The Balaban J connectivity index is 2.17. The molecule has 2 N–H and O–H groups in total. The van der Waals surface area contributed by atoms with E-state index in [0.717, 1.165) is 16.9 Å². The standard InChI is InChI=1S/C14H15Cl2N3/c1-9(13-4-3-10(15)5-14(13)16)19-12-6-11(17-2)7-18-8-12/h3-9,17,19H,1-2H3. The third-order valence-corrected chi connectivity index (χ3v) is 3.40. The molecule has 3 nitrogen and oxygen atoms in total. The molecule has 0 saturated heterocycles. The van der Waals surface area contributed by atoms with Crippen LogP contribution < -0.4 is 10.6 Å². The minimum Gasteiger partial charge on any atom is -0.387 e. The SMILES string of the molecule is CNc1cncc(NC(C)c2ccc(Cl)cc2Cl)c1. The molecule has 1 heterocycles. The Morgan fingerprint density at radius 1 is 1.11 bits per heavy atom. The van der Waals surface area contributed by atoms with Gasteiger partial charge in [0.2, 0.25) is 0 Å². The Labute approximate surface area is 123 Å². The largest absolute Gasteiger partial charge is 0.387 e. The normalized spacial score (nSPS) is 12.0. The Morgan fingerprint density at radius 2 is 1.84 bits per heavy atom. The summed E-state index contributed by atoms with van der Waals surface area (Å²) >= 11 is 12.1. The summed E-state index contributed by atoms with van der Waals surface area (Å²) in [6, 6.07) is 7.58. The van der Waals surface area contributed by atoms with E-state index >= 15 is 0 Å². The number of halogens is 2. The van der Waals surface area contributed by atoms with Gasteiger partial charge in [-0.05, 0) is 30.7 Å². The van der Waals surface area contributed by atoms with Crippen molar-refractivity contribution in [2.75, 3.05) is 17.7 Å². The van der Waals surface area contributed by atoms with E-state index in [1.165, 1.54) is 0 Å². The molecule has 2 aromatic rings. The predicted molar refractivity (Wildman–Crippen MR) is 82.3 cm³/mol. The molecule has 0 aliphatic heterocycles. The molecule has 0 saturated carbocycles. The summed E-state index contributed by atoms with van der Waals surface area (Å²) in [5.74, 6) is 0. The Bertz CT molecular complexity index is 572. The molecule has 0 aliphatic rings. The van der Waals surface area contributed by atoms with E-state index < -0.39 is 0 Å². The molecule has 0 radical (unpaired) electrons. The number of nitrogens with one attached hydrogen (secondary N) is 2. The van der Waals surface area contributed by atoms with Crippen molar-refractivity contribution in [3.63, 3.8) is 0 Å². The summed E-state index contributed by atoms with van der Waals surface area (Å²) in [6.07, 6.45) is 3.55. The van der Waals surface area contributed by atoms with Crippen LogP contribution >= 0.6 is 23.2 Å². The smallest absolute Gasteiger partial charge is 0.0552 e. The zero-order valence-corrected chi connectivity index (χ0v) is 12.3. The predicted octanol–water partition coefficient (Wildman–Crippen LogP) is 4.60. The van der Waals surface area contributed by atoms with Gasteiger partial charge in [0.05, 0.1) is 29.8 Å². The molecular formula is C14H15Cl2N3. The maximum absolute atomic E-state index is 6.20. The highest BCUT2D eigenvalue weighted by Gasteiger charge is 2.10. The first-order chi connectivity index (χ1) is 9.10. The molecule has 1 aromatic heterocycles. The van der Waals surface area contributed by atoms with Gasteiger partial charge >= 0.3 is 0 Å². The molecule has 0 aliphatic carbocycles. The lowest BCUT2D eigenvalue weighted by Gasteiger charge is -2.17. The van der Waals surface area contributed by atoms with Gasteiger partial charge in [0, 0.05) is 17.1 Å². The van der Waals surface area contributed by atoms with Crippen molar-refractivity contribution in [3.8, 4) is 0 Å². The van der Waals surface area contributed by atoms with E-state index in [1.807, 2.05) is 32.2 Å². The van der Waals surface area contributed by atoms with E-state index in [4.69, 9.17) is 23.2 Å². The minimum atomic E-state index is 0.0682. The van der Waals surface area contributed by atoms with Gasteiger partial charge in [0.25, 0.3) is 0 Å². The number of pyridine rings is 1. The van der Waals surface area contributed by atoms with Crippen molar-refractivity contribution in [2.45, 2.75) is 13.0 Å². The highest BCUT2D eigenvalue weighted by molar-refractivity contribution is 6.35. The van der Waals surface area contributed by atoms with Gasteiger partial charge in [-0.15, -0.1) is 0 Å². The summed E-state index contributed by atoms with van der Waals surface area (Å²) < 4.78 is 0. The van der Waals surface area contributed by atoms with E-state index in [9.17, 15) is 0 Å². The molecule has 19 heavy (non-hydrogen) atoms. The number of anilines is 2. The maximum atomic E-state index is 6.20. The van der Waals surface area contributed by atoms with Crippen LogP contribution in [0.1, 0.15) is 18.5 Å². The van der Waals surface area contributed by atoms with Gasteiger partial charge in [-0.25, -0.2) is 0 Å². The van der Waals surface area contributed by atoms with Crippen molar-refractivity contribution in [1.82, 2.24) is 4.98 Å². The molecule has 5 heteroatoms. The third-order valence-electron chi connectivity index (χ3n) is 2.84. The van der Waals surface area contributed by atoms with Crippen LogP contribution in [0.15, 0.2) is 36.7 Å². The van der Waals surface area contributed by atoms with Crippen LogP contribution in [0.3, 0.4) is 0 Å². The summed E-state index contributed by atoms with van der Waals surface area (Å²) in [6.45, 7) is 2.04. The van der Waals surface area contributed by atoms with E-state index in [0.29, 0.717) is 10.0 Å².